The van der Waals surface area contributed by atoms with E-state index in [0.717, 1.165) is 11.3 Å². The molecule has 0 aliphatic carbocycles. The highest BCUT2D eigenvalue weighted by Gasteiger charge is 2.23. The third-order valence-corrected chi connectivity index (χ3v) is 5.59. The van der Waals surface area contributed by atoms with Gasteiger partial charge in [0.15, 0.2) is 0 Å². The van der Waals surface area contributed by atoms with Crippen LogP contribution < -0.4 is 5.32 Å². The van der Waals surface area contributed by atoms with Crippen LogP contribution in [0.3, 0.4) is 0 Å². The maximum Gasteiger partial charge on any atom is 0.305 e. The van der Waals surface area contributed by atoms with Crippen molar-refractivity contribution < 1.29 is 19.1 Å². The number of rotatable bonds is 6. The molecule has 0 aliphatic heterocycles. The number of aromatic nitrogens is 1. The fraction of sp³-hybridized carbons (Fsp3) is 0.105. The van der Waals surface area contributed by atoms with Gasteiger partial charge in [-0.15, -0.1) is 11.3 Å². The summed E-state index contributed by atoms with van der Waals surface area (Å²) in [6.07, 6.45) is -0.393. The molecular weight excluding hydrogens is 426 g/mol. The number of thiazole rings is 1. The number of carboxylic acids is 1. The molecule has 0 fully saturated rings. The second-order valence-electron chi connectivity index (χ2n) is 5.78. The highest BCUT2D eigenvalue weighted by Crippen LogP contribution is 2.32. The fourth-order valence-corrected chi connectivity index (χ4v) is 3.84. The molecule has 1 amide bonds. The van der Waals surface area contributed by atoms with E-state index in [1.165, 1.54) is 11.4 Å². The Kier molecular flexibility index (Phi) is 6.28. The lowest BCUT2D eigenvalue weighted by atomic mass is 10.0. The van der Waals surface area contributed by atoms with Gasteiger partial charge in [0.25, 0.3) is 5.91 Å². The number of aliphatic carboxylic acids is 1. The Bertz CT molecular complexity index is 1040. The van der Waals surface area contributed by atoms with Gasteiger partial charge in [-0.3, -0.25) is 9.59 Å². The van der Waals surface area contributed by atoms with Crippen molar-refractivity contribution in [2.24, 2.45) is 0 Å². The van der Waals surface area contributed by atoms with Crippen LogP contribution >= 0.6 is 34.5 Å². The molecule has 144 valence electrons. The summed E-state index contributed by atoms with van der Waals surface area (Å²) in [5.41, 5.74) is 0.720. The summed E-state index contributed by atoms with van der Waals surface area (Å²) >= 11 is 13.3. The Morgan fingerprint density at radius 1 is 1.18 bits per heavy atom. The van der Waals surface area contributed by atoms with Gasteiger partial charge in [-0.1, -0.05) is 47.5 Å². The van der Waals surface area contributed by atoms with Crippen LogP contribution in [0.4, 0.5) is 4.39 Å². The standard InChI is InChI=1S/C19H13Cl2FN2O3S/c20-12-6-3-5-11(17(12)21)14(8-16(25)26)23-18(27)15-9-28-19(24-15)10-4-1-2-7-13(10)22/h1-7,9,14H,8H2,(H,23,27)(H,25,26)/t14-/m0/s1. The lowest BCUT2D eigenvalue weighted by Gasteiger charge is -2.18. The quantitative estimate of drug-likeness (QED) is 0.553. The normalized spacial score (nSPS) is 11.8. The third kappa shape index (κ3) is 4.49. The number of nitrogens with one attached hydrogen (secondary N) is 1. The molecule has 0 aliphatic rings. The molecule has 28 heavy (non-hydrogen) atoms. The van der Waals surface area contributed by atoms with E-state index in [2.05, 4.69) is 10.3 Å². The van der Waals surface area contributed by atoms with Crippen LogP contribution in [-0.2, 0) is 4.79 Å². The van der Waals surface area contributed by atoms with Crippen LogP contribution in [0.1, 0.15) is 28.5 Å². The van der Waals surface area contributed by atoms with E-state index in [4.69, 9.17) is 23.2 Å². The zero-order valence-corrected chi connectivity index (χ0v) is 16.5. The van der Waals surface area contributed by atoms with Gasteiger partial charge in [-0.05, 0) is 23.8 Å². The number of carbonyl (C=O) groups is 2. The Labute approximate surface area is 173 Å². The third-order valence-electron chi connectivity index (χ3n) is 3.88. The molecule has 2 N–H and O–H groups in total. The van der Waals surface area contributed by atoms with E-state index in [1.54, 1.807) is 36.4 Å². The van der Waals surface area contributed by atoms with Crippen molar-refractivity contribution in [2.75, 3.05) is 0 Å². The van der Waals surface area contributed by atoms with Crippen LogP contribution in [0.25, 0.3) is 10.6 Å². The van der Waals surface area contributed by atoms with Crippen molar-refractivity contribution in [1.82, 2.24) is 10.3 Å². The van der Waals surface area contributed by atoms with E-state index in [1.807, 2.05) is 0 Å². The Hall–Kier alpha value is -2.48. The summed E-state index contributed by atoms with van der Waals surface area (Å²) in [5.74, 6) is -2.16. The first-order chi connectivity index (χ1) is 13.4. The van der Waals surface area contributed by atoms with Crippen LogP contribution in [0.2, 0.25) is 10.0 Å². The SMILES string of the molecule is O=C(O)C[C@H](NC(=O)c1csc(-c2ccccc2F)n1)c1cccc(Cl)c1Cl. The molecule has 0 bridgehead atoms. The molecule has 1 atom stereocenters. The highest BCUT2D eigenvalue weighted by atomic mass is 35.5. The van der Waals surface area contributed by atoms with Crippen molar-refractivity contribution in [2.45, 2.75) is 12.5 Å². The van der Waals surface area contributed by atoms with Gasteiger partial charge >= 0.3 is 5.97 Å². The van der Waals surface area contributed by atoms with Crippen molar-refractivity contribution >= 4 is 46.4 Å². The van der Waals surface area contributed by atoms with Crippen LogP contribution in [-0.4, -0.2) is 22.0 Å². The summed E-state index contributed by atoms with van der Waals surface area (Å²) in [6.45, 7) is 0. The maximum atomic E-state index is 13.9. The molecule has 5 nitrogen and oxygen atoms in total. The minimum Gasteiger partial charge on any atom is -0.481 e. The van der Waals surface area contributed by atoms with E-state index in [-0.39, 0.29) is 21.3 Å². The molecule has 1 aromatic heterocycles. The topological polar surface area (TPSA) is 79.3 Å². The molecule has 0 radical (unpaired) electrons. The van der Waals surface area contributed by atoms with Gasteiger partial charge in [0.1, 0.15) is 16.5 Å². The van der Waals surface area contributed by atoms with E-state index in [0.29, 0.717) is 10.6 Å². The minimum absolute atomic E-state index is 0.0526. The Morgan fingerprint density at radius 2 is 1.93 bits per heavy atom. The largest absolute Gasteiger partial charge is 0.481 e. The second kappa shape index (κ2) is 8.68. The molecule has 3 aromatic rings. The van der Waals surface area contributed by atoms with Crippen molar-refractivity contribution in [3.63, 3.8) is 0 Å². The first-order valence-electron chi connectivity index (χ1n) is 8.04. The summed E-state index contributed by atoms with van der Waals surface area (Å²) < 4.78 is 13.9. The lowest BCUT2D eigenvalue weighted by Crippen LogP contribution is -2.30. The molecule has 0 saturated heterocycles. The zero-order valence-electron chi connectivity index (χ0n) is 14.2. The van der Waals surface area contributed by atoms with Crippen LogP contribution in [0, 0.1) is 5.82 Å². The maximum absolute atomic E-state index is 13.9. The average molecular weight is 439 g/mol. The van der Waals surface area contributed by atoms with Gasteiger partial charge in [0, 0.05) is 10.9 Å². The Balaban J connectivity index is 1.86. The number of amides is 1. The van der Waals surface area contributed by atoms with Gasteiger partial charge < -0.3 is 10.4 Å². The van der Waals surface area contributed by atoms with Crippen molar-refractivity contribution in [1.29, 1.82) is 0 Å². The van der Waals surface area contributed by atoms with Crippen LogP contribution in [0.15, 0.2) is 47.8 Å². The smallest absolute Gasteiger partial charge is 0.305 e. The monoisotopic (exact) mass is 438 g/mol. The number of carbonyl (C=O) groups excluding carboxylic acids is 1. The summed E-state index contributed by atoms with van der Waals surface area (Å²) in [5, 5.41) is 14.0. The van der Waals surface area contributed by atoms with Gasteiger partial charge in [0.05, 0.1) is 22.5 Å². The van der Waals surface area contributed by atoms with Crippen molar-refractivity contribution in [3.05, 3.63) is 75.0 Å². The summed E-state index contributed by atoms with van der Waals surface area (Å²) in [6, 6.07) is 9.96. The minimum atomic E-state index is -1.12. The first-order valence-corrected chi connectivity index (χ1v) is 9.67. The van der Waals surface area contributed by atoms with E-state index < -0.39 is 30.2 Å². The van der Waals surface area contributed by atoms with E-state index >= 15 is 0 Å². The number of halogens is 3. The summed E-state index contributed by atoms with van der Waals surface area (Å²) in [7, 11) is 0. The molecule has 0 unspecified atom stereocenters. The number of hydrogen-bond acceptors (Lipinski definition) is 4. The second-order valence-corrected chi connectivity index (χ2v) is 7.43. The van der Waals surface area contributed by atoms with Crippen LogP contribution in [0.5, 0.6) is 0 Å². The van der Waals surface area contributed by atoms with E-state index in [9.17, 15) is 19.1 Å². The molecule has 2 aromatic carbocycles. The predicted octanol–water partition coefficient (Wildman–Crippen LogP) is 5.20. The van der Waals surface area contributed by atoms with Gasteiger partial charge in [0.2, 0.25) is 0 Å². The molecule has 0 spiro atoms. The molecule has 9 heteroatoms. The molecular formula is C19H13Cl2FN2O3S. The van der Waals surface area contributed by atoms with Crippen molar-refractivity contribution in [3.8, 4) is 10.6 Å². The zero-order chi connectivity index (χ0) is 20.3. The highest BCUT2D eigenvalue weighted by molar-refractivity contribution is 7.13. The number of nitrogens with zero attached hydrogens (tertiary/aromatic N) is 1. The molecule has 1 heterocycles. The average Bonchev–Trinajstić information content (AvgIpc) is 3.13. The number of carboxylic acid groups (broad SMARTS) is 1. The number of benzene rings is 2. The van der Waals surface area contributed by atoms with Gasteiger partial charge in [-0.2, -0.15) is 0 Å². The summed E-state index contributed by atoms with van der Waals surface area (Å²) in [4.78, 5) is 28.0. The lowest BCUT2D eigenvalue weighted by molar-refractivity contribution is -0.137. The van der Waals surface area contributed by atoms with Gasteiger partial charge in [-0.25, -0.2) is 9.37 Å². The number of hydrogen-bond donors (Lipinski definition) is 2. The molecule has 3 rings (SSSR count). The predicted molar refractivity (Wildman–Crippen MR) is 106 cm³/mol. The Morgan fingerprint density at radius 3 is 2.64 bits per heavy atom. The molecule has 0 saturated carbocycles. The fourth-order valence-electron chi connectivity index (χ4n) is 2.57. The first kappa shape index (κ1) is 20.3.